The summed E-state index contributed by atoms with van der Waals surface area (Å²) in [5, 5.41) is 9.19. The van der Waals surface area contributed by atoms with E-state index in [1.165, 1.54) is 60.3 Å². The number of benzene rings is 3. The third kappa shape index (κ3) is 3.89. The Balaban J connectivity index is 0.00000112. The Morgan fingerprint density at radius 2 is 1.39 bits per heavy atom. The molecular formula is C24H30Cl2N2. The summed E-state index contributed by atoms with van der Waals surface area (Å²) in [6, 6.07) is 21.0. The van der Waals surface area contributed by atoms with Crippen LogP contribution in [-0.2, 0) is 0 Å². The van der Waals surface area contributed by atoms with Crippen molar-refractivity contribution in [2.45, 2.75) is 31.7 Å². The van der Waals surface area contributed by atoms with Crippen LogP contribution in [0.25, 0.3) is 21.5 Å². The van der Waals surface area contributed by atoms with E-state index in [1.54, 1.807) is 5.56 Å². The number of nitrogens with one attached hydrogen (secondary N) is 1. The van der Waals surface area contributed by atoms with Crippen molar-refractivity contribution < 1.29 is 0 Å². The van der Waals surface area contributed by atoms with Crippen molar-refractivity contribution in [2.75, 3.05) is 26.2 Å². The van der Waals surface area contributed by atoms with Gasteiger partial charge in [-0.2, -0.15) is 0 Å². The van der Waals surface area contributed by atoms with Crippen LogP contribution in [0.1, 0.15) is 37.3 Å². The highest BCUT2D eigenvalue weighted by molar-refractivity contribution is 6.09. The molecule has 1 atom stereocenters. The highest BCUT2D eigenvalue weighted by atomic mass is 35.5. The molecule has 3 aromatic carbocycles. The third-order valence-electron chi connectivity index (χ3n) is 6.51. The van der Waals surface area contributed by atoms with Gasteiger partial charge in [-0.3, -0.25) is 4.90 Å². The standard InChI is InChI=1S/C24H28N2.2ClH/c1-2-8-18(7-1)24(26-15-13-25-14-16-26)23-17-19-9-3-4-10-20(19)21-11-5-6-12-22(21)23;;/h3-6,9-12,17-18,24-25H,1-2,7-8,13-16H2;2*1H/t24-;;/m1../s1. The van der Waals surface area contributed by atoms with E-state index in [9.17, 15) is 0 Å². The maximum absolute atomic E-state index is 3.54. The Labute approximate surface area is 180 Å². The normalized spacial score (nSPS) is 19.3. The van der Waals surface area contributed by atoms with Crippen molar-refractivity contribution in [1.29, 1.82) is 0 Å². The first kappa shape index (κ1) is 21.4. The quantitative estimate of drug-likeness (QED) is 0.528. The molecule has 28 heavy (non-hydrogen) atoms. The van der Waals surface area contributed by atoms with Crippen molar-refractivity contribution >= 4 is 46.4 Å². The van der Waals surface area contributed by atoms with Crippen molar-refractivity contribution in [1.82, 2.24) is 10.2 Å². The van der Waals surface area contributed by atoms with Gasteiger partial charge >= 0.3 is 0 Å². The SMILES string of the molecule is Cl.Cl.c1ccc2c(c1)cc([C@@H](C1CCCC1)N1CCNCC1)c1ccccc12. The molecular weight excluding hydrogens is 387 g/mol. The Bertz CT molecular complexity index is 915. The second kappa shape index (κ2) is 9.45. The van der Waals surface area contributed by atoms with Crippen LogP contribution in [0.5, 0.6) is 0 Å². The Kier molecular flexibility index (Phi) is 7.22. The van der Waals surface area contributed by atoms with Crippen LogP contribution in [0.2, 0.25) is 0 Å². The van der Waals surface area contributed by atoms with Gasteiger partial charge in [0.05, 0.1) is 0 Å². The first-order valence-corrected chi connectivity index (χ1v) is 10.3. The summed E-state index contributed by atoms with van der Waals surface area (Å²) in [5.74, 6) is 0.803. The summed E-state index contributed by atoms with van der Waals surface area (Å²) < 4.78 is 0. The van der Waals surface area contributed by atoms with E-state index in [0.29, 0.717) is 6.04 Å². The van der Waals surface area contributed by atoms with Crippen molar-refractivity contribution in [3.8, 4) is 0 Å². The minimum Gasteiger partial charge on any atom is -0.314 e. The average Bonchev–Trinajstić information content (AvgIpc) is 3.23. The minimum atomic E-state index is 0. The Morgan fingerprint density at radius 3 is 2.11 bits per heavy atom. The van der Waals surface area contributed by atoms with Gasteiger partial charge in [0.15, 0.2) is 0 Å². The Hall–Kier alpha value is -1.32. The molecule has 0 bridgehead atoms. The second-order valence-corrected chi connectivity index (χ2v) is 8.01. The summed E-state index contributed by atoms with van der Waals surface area (Å²) in [6.07, 6.45) is 5.57. The van der Waals surface area contributed by atoms with Gasteiger partial charge in [-0.1, -0.05) is 61.4 Å². The van der Waals surface area contributed by atoms with E-state index in [2.05, 4.69) is 64.8 Å². The fraction of sp³-hybridized carbons (Fsp3) is 0.417. The predicted molar refractivity (Wildman–Crippen MR) is 125 cm³/mol. The molecule has 4 heteroatoms. The fourth-order valence-corrected chi connectivity index (χ4v) is 5.31. The van der Waals surface area contributed by atoms with Crippen LogP contribution in [0.15, 0.2) is 54.6 Å². The highest BCUT2D eigenvalue weighted by Gasteiger charge is 2.33. The zero-order chi connectivity index (χ0) is 17.3. The molecule has 0 aromatic heterocycles. The number of piperazine rings is 1. The molecule has 0 amide bonds. The maximum atomic E-state index is 3.54. The molecule has 150 valence electrons. The molecule has 1 heterocycles. The molecule has 1 saturated heterocycles. The first-order valence-electron chi connectivity index (χ1n) is 10.3. The first-order chi connectivity index (χ1) is 12.9. The van der Waals surface area contributed by atoms with Crippen LogP contribution in [0, 0.1) is 5.92 Å². The number of halogens is 2. The van der Waals surface area contributed by atoms with Crippen molar-refractivity contribution in [3.63, 3.8) is 0 Å². The summed E-state index contributed by atoms with van der Waals surface area (Å²) in [5.41, 5.74) is 1.56. The van der Waals surface area contributed by atoms with Gasteiger partial charge in [-0.05, 0) is 51.9 Å². The molecule has 1 saturated carbocycles. The van der Waals surface area contributed by atoms with Gasteiger partial charge in [0.25, 0.3) is 0 Å². The molecule has 2 nitrogen and oxygen atoms in total. The van der Waals surface area contributed by atoms with Crippen LogP contribution >= 0.6 is 24.8 Å². The Morgan fingerprint density at radius 1 is 0.786 bits per heavy atom. The van der Waals surface area contributed by atoms with Crippen molar-refractivity contribution in [2.24, 2.45) is 5.92 Å². The highest BCUT2D eigenvalue weighted by Crippen LogP contribution is 2.43. The lowest BCUT2D eigenvalue weighted by Gasteiger charge is -2.39. The lowest BCUT2D eigenvalue weighted by atomic mass is 9.85. The average molecular weight is 417 g/mol. The van der Waals surface area contributed by atoms with E-state index < -0.39 is 0 Å². The molecule has 3 aromatic rings. The summed E-state index contributed by atoms with van der Waals surface area (Å²) in [6.45, 7) is 4.58. The topological polar surface area (TPSA) is 15.3 Å². The van der Waals surface area contributed by atoms with E-state index in [1.807, 2.05) is 0 Å². The maximum Gasteiger partial charge on any atom is 0.0383 e. The van der Waals surface area contributed by atoms with Crippen LogP contribution in [0.4, 0.5) is 0 Å². The van der Waals surface area contributed by atoms with Gasteiger partial charge in [-0.25, -0.2) is 0 Å². The molecule has 0 radical (unpaired) electrons. The van der Waals surface area contributed by atoms with Gasteiger partial charge in [-0.15, -0.1) is 24.8 Å². The lowest BCUT2D eigenvalue weighted by Crippen LogP contribution is -2.46. The van der Waals surface area contributed by atoms with Crippen LogP contribution < -0.4 is 5.32 Å². The van der Waals surface area contributed by atoms with Gasteiger partial charge in [0.1, 0.15) is 0 Å². The fourth-order valence-electron chi connectivity index (χ4n) is 5.31. The molecule has 0 spiro atoms. The molecule has 2 aliphatic rings. The van der Waals surface area contributed by atoms with Crippen molar-refractivity contribution in [3.05, 3.63) is 60.2 Å². The summed E-state index contributed by atoms with van der Waals surface area (Å²) in [4.78, 5) is 2.77. The predicted octanol–water partition coefficient (Wildman–Crippen LogP) is 5.97. The lowest BCUT2D eigenvalue weighted by molar-refractivity contribution is 0.126. The summed E-state index contributed by atoms with van der Waals surface area (Å²) in [7, 11) is 0. The molecule has 2 fully saturated rings. The molecule has 1 aliphatic carbocycles. The van der Waals surface area contributed by atoms with Gasteiger partial charge in [0.2, 0.25) is 0 Å². The zero-order valence-corrected chi connectivity index (χ0v) is 17.9. The van der Waals surface area contributed by atoms with E-state index in [0.717, 1.165) is 19.0 Å². The third-order valence-corrected chi connectivity index (χ3v) is 6.51. The number of fused-ring (bicyclic) bond motifs is 3. The molecule has 0 unspecified atom stereocenters. The summed E-state index contributed by atoms with van der Waals surface area (Å²) >= 11 is 0. The van der Waals surface area contributed by atoms with E-state index >= 15 is 0 Å². The van der Waals surface area contributed by atoms with E-state index in [-0.39, 0.29) is 24.8 Å². The molecule has 1 N–H and O–H groups in total. The molecule has 1 aliphatic heterocycles. The minimum absolute atomic E-state index is 0. The van der Waals surface area contributed by atoms with Crippen LogP contribution in [-0.4, -0.2) is 31.1 Å². The van der Waals surface area contributed by atoms with Crippen LogP contribution in [0.3, 0.4) is 0 Å². The smallest absolute Gasteiger partial charge is 0.0383 e. The van der Waals surface area contributed by atoms with Gasteiger partial charge < -0.3 is 5.32 Å². The largest absolute Gasteiger partial charge is 0.314 e. The van der Waals surface area contributed by atoms with E-state index in [4.69, 9.17) is 0 Å². The molecule has 5 rings (SSSR count). The monoisotopic (exact) mass is 416 g/mol. The number of rotatable bonds is 3. The second-order valence-electron chi connectivity index (χ2n) is 8.01. The number of hydrogen-bond donors (Lipinski definition) is 1. The zero-order valence-electron chi connectivity index (χ0n) is 16.3. The number of nitrogens with zero attached hydrogens (tertiary/aromatic N) is 1. The van der Waals surface area contributed by atoms with Gasteiger partial charge in [0, 0.05) is 32.2 Å². The number of hydrogen-bond acceptors (Lipinski definition) is 2.